The quantitative estimate of drug-likeness (QED) is 0.625. The third-order valence-electron chi connectivity index (χ3n) is 4.98. The van der Waals surface area contributed by atoms with Crippen LogP contribution in [0.25, 0.3) is 21.7 Å². The van der Waals surface area contributed by atoms with E-state index in [0.717, 1.165) is 34.5 Å². The Kier molecular flexibility index (Phi) is 4.74. The Morgan fingerprint density at radius 2 is 1.85 bits per heavy atom. The molecular formula is C19H22N4O2S. The molecule has 3 aromatic rings. The molecule has 26 heavy (non-hydrogen) atoms. The molecule has 4 rings (SSSR count). The van der Waals surface area contributed by atoms with Crippen LogP contribution >= 0.6 is 0 Å². The van der Waals surface area contributed by atoms with Gasteiger partial charge in [-0.05, 0) is 41.7 Å². The van der Waals surface area contributed by atoms with Crippen LogP contribution < -0.4 is 10.0 Å². The van der Waals surface area contributed by atoms with Gasteiger partial charge in [0.05, 0.1) is 11.3 Å². The Bertz CT molecular complexity index is 1030. The van der Waals surface area contributed by atoms with Crippen molar-refractivity contribution >= 4 is 37.5 Å². The summed E-state index contributed by atoms with van der Waals surface area (Å²) >= 11 is 0. The first-order valence-corrected chi connectivity index (χ1v) is 10.6. The summed E-state index contributed by atoms with van der Waals surface area (Å²) in [4.78, 5) is 8.62. The molecule has 1 heterocycles. The molecule has 1 saturated carbocycles. The Morgan fingerprint density at radius 1 is 1.08 bits per heavy atom. The number of sulfonamides is 1. The molecule has 0 aliphatic heterocycles. The first kappa shape index (κ1) is 17.2. The van der Waals surface area contributed by atoms with Crippen molar-refractivity contribution in [3.63, 3.8) is 0 Å². The average Bonchev–Trinajstić information content (AvgIpc) is 2.58. The number of hydrogen-bond acceptors (Lipinski definition) is 5. The van der Waals surface area contributed by atoms with Crippen molar-refractivity contribution in [3.05, 3.63) is 42.7 Å². The maximum atomic E-state index is 12.1. The molecule has 2 N–H and O–H groups in total. The highest BCUT2D eigenvalue weighted by molar-refractivity contribution is 7.89. The van der Waals surface area contributed by atoms with Gasteiger partial charge in [-0.1, -0.05) is 30.7 Å². The first-order chi connectivity index (χ1) is 12.6. The second-order valence-corrected chi connectivity index (χ2v) is 8.76. The summed E-state index contributed by atoms with van der Waals surface area (Å²) in [5, 5.41) is 6.27. The topological polar surface area (TPSA) is 84.0 Å². The minimum absolute atomic E-state index is 0.0266. The Morgan fingerprint density at radius 3 is 2.58 bits per heavy atom. The van der Waals surface area contributed by atoms with Crippen molar-refractivity contribution in [2.45, 2.75) is 19.3 Å². The van der Waals surface area contributed by atoms with E-state index >= 15 is 0 Å². The zero-order valence-electron chi connectivity index (χ0n) is 14.5. The van der Waals surface area contributed by atoms with Crippen LogP contribution in [0.3, 0.4) is 0 Å². The fourth-order valence-electron chi connectivity index (χ4n) is 3.20. The summed E-state index contributed by atoms with van der Waals surface area (Å²) in [5.41, 5.74) is 0.840. The van der Waals surface area contributed by atoms with Crippen LogP contribution in [0.4, 0.5) is 5.82 Å². The lowest BCUT2D eigenvalue weighted by molar-refractivity contribution is 0.316. The molecule has 1 aromatic heterocycles. The van der Waals surface area contributed by atoms with Crippen molar-refractivity contribution in [2.24, 2.45) is 5.92 Å². The normalized spacial score (nSPS) is 15.2. The minimum atomic E-state index is -3.27. The zero-order valence-corrected chi connectivity index (χ0v) is 15.3. The second kappa shape index (κ2) is 7.17. The van der Waals surface area contributed by atoms with Crippen molar-refractivity contribution in [3.8, 4) is 0 Å². The summed E-state index contributed by atoms with van der Waals surface area (Å²) in [6, 6.07) is 12.1. The van der Waals surface area contributed by atoms with E-state index in [0.29, 0.717) is 24.8 Å². The van der Waals surface area contributed by atoms with E-state index in [-0.39, 0.29) is 5.75 Å². The molecule has 0 saturated heterocycles. The van der Waals surface area contributed by atoms with Crippen LogP contribution in [0.15, 0.2) is 42.7 Å². The van der Waals surface area contributed by atoms with Gasteiger partial charge in [-0.2, -0.15) is 0 Å². The molecule has 0 atom stereocenters. The lowest BCUT2D eigenvalue weighted by Crippen LogP contribution is -2.35. The van der Waals surface area contributed by atoms with Crippen LogP contribution in [0, 0.1) is 5.92 Å². The van der Waals surface area contributed by atoms with E-state index in [1.54, 1.807) is 0 Å². The fraction of sp³-hybridized carbons (Fsp3) is 0.368. The zero-order chi connectivity index (χ0) is 18.0. The summed E-state index contributed by atoms with van der Waals surface area (Å²) < 4.78 is 26.9. The summed E-state index contributed by atoms with van der Waals surface area (Å²) in [6.07, 6.45) is 4.97. The molecule has 6 nitrogen and oxygen atoms in total. The summed E-state index contributed by atoms with van der Waals surface area (Å²) in [7, 11) is -3.27. The predicted molar refractivity (Wildman–Crippen MR) is 105 cm³/mol. The number of fused-ring (bicyclic) bond motifs is 2. The van der Waals surface area contributed by atoms with Crippen LogP contribution in [0.1, 0.15) is 19.3 Å². The SMILES string of the molecule is O=S(=O)(CCNc1ncnc2cc3ccccc3cc12)NCC1CCC1. The Labute approximate surface area is 153 Å². The standard InChI is InChI=1S/C19H22N4O2S/c24-26(25,23-12-14-4-3-5-14)9-8-20-19-17-10-15-6-1-2-7-16(15)11-18(17)21-13-22-19/h1-2,6-7,10-11,13-14,23H,3-5,8-9,12H2,(H,20,21,22). The van der Waals surface area contributed by atoms with E-state index in [1.807, 2.05) is 36.4 Å². The maximum Gasteiger partial charge on any atom is 0.213 e. The maximum absolute atomic E-state index is 12.1. The molecule has 0 spiro atoms. The minimum Gasteiger partial charge on any atom is -0.368 e. The van der Waals surface area contributed by atoms with Crippen molar-refractivity contribution in [1.29, 1.82) is 0 Å². The Hall–Kier alpha value is -2.25. The molecule has 1 fully saturated rings. The lowest BCUT2D eigenvalue weighted by Gasteiger charge is -2.25. The van der Waals surface area contributed by atoms with Gasteiger partial charge < -0.3 is 5.32 Å². The smallest absolute Gasteiger partial charge is 0.213 e. The molecule has 0 amide bonds. The highest BCUT2D eigenvalue weighted by atomic mass is 32.2. The van der Waals surface area contributed by atoms with E-state index in [2.05, 4.69) is 20.0 Å². The van der Waals surface area contributed by atoms with Gasteiger partial charge in [0.1, 0.15) is 12.1 Å². The van der Waals surface area contributed by atoms with E-state index in [1.165, 1.54) is 12.7 Å². The van der Waals surface area contributed by atoms with Crippen LogP contribution in [-0.4, -0.2) is 37.2 Å². The van der Waals surface area contributed by atoms with Gasteiger partial charge in [0.15, 0.2) is 0 Å². The van der Waals surface area contributed by atoms with E-state index in [9.17, 15) is 8.42 Å². The fourth-order valence-corrected chi connectivity index (χ4v) is 4.21. The predicted octanol–water partition coefficient (Wildman–Crippen LogP) is 2.91. The molecule has 136 valence electrons. The highest BCUT2D eigenvalue weighted by Gasteiger charge is 2.20. The van der Waals surface area contributed by atoms with Gasteiger partial charge >= 0.3 is 0 Å². The number of aromatic nitrogens is 2. The molecular weight excluding hydrogens is 348 g/mol. The van der Waals surface area contributed by atoms with E-state index < -0.39 is 10.0 Å². The van der Waals surface area contributed by atoms with Crippen LogP contribution in [0.5, 0.6) is 0 Å². The van der Waals surface area contributed by atoms with Gasteiger partial charge in [0.2, 0.25) is 10.0 Å². The number of rotatable bonds is 7. The van der Waals surface area contributed by atoms with Crippen molar-refractivity contribution in [1.82, 2.24) is 14.7 Å². The lowest BCUT2D eigenvalue weighted by atomic mass is 9.86. The molecule has 7 heteroatoms. The number of hydrogen-bond donors (Lipinski definition) is 2. The first-order valence-electron chi connectivity index (χ1n) is 8.95. The third-order valence-corrected chi connectivity index (χ3v) is 6.33. The molecule has 1 aliphatic carbocycles. The van der Waals surface area contributed by atoms with Gasteiger partial charge in [0, 0.05) is 18.5 Å². The summed E-state index contributed by atoms with van der Waals surface area (Å²) in [5.74, 6) is 1.20. The van der Waals surface area contributed by atoms with Gasteiger partial charge in [-0.3, -0.25) is 0 Å². The molecule has 2 aromatic carbocycles. The van der Waals surface area contributed by atoms with Crippen molar-refractivity contribution < 1.29 is 8.42 Å². The van der Waals surface area contributed by atoms with Crippen LogP contribution in [-0.2, 0) is 10.0 Å². The second-order valence-electron chi connectivity index (χ2n) is 6.83. The average molecular weight is 370 g/mol. The number of benzene rings is 2. The number of nitrogens with zero attached hydrogens (tertiary/aromatic N) is 2. The molecule has 0 bridgehead atoms. The third kappa shape index (κ3) is 3.78. The van der Waals surface area contributed by atoms with Gasteiger partial charge in [-0.15, -0.1) is 0 Å². The van der Waals surface area contributed by atoms with Gasteiger partial charge in [0.25, 0.3) is 0 Å². The van der Waals surface area contributed by atoms with E-state index in [4.69, 9.17) is 0 Å². The van der Waals surface area contributed by atoms with Crippen molar-refractivity contribution in [2.75, 3.05) is 24.2 Å². The van der Waals surface area contributed by atoms with Gasteiger partial charge in [-0.25, -0.2) is 23.1 Å². The monoisotopic (exact) mass is 370 g/mol. The molecule has 1 aliphatic rings. The number of nitrogens with one attached hydrogen (secondary N) is 2. The molecule has 0 unspecified atom stereocenters. The van der Waals surface area contributed by atoms with Crippen LogP contribution in [0.2, 0.25) is 0 Å². The number of anilines is 1. The Balaban J connectivity index is 1.45. The highest BCUT2D eigenvalue weighted by Crippen LogP contribution is 2.26. The summed E-state index contributed by atoms with van der Waals surface area (Å²) in [6.45, 7) is 0.865. The largest absolute Gasteiger partial charge is 0.368 e. The molecule has 0 radical (unpaired) electrons.